The maximum Gasteiger partial charge on any atom is 0.327 e. The molecule has 0 radical (unpaired) electrons. The summed E-state index contributed by atoms with van der Waals surface area (Å²) < 4.78 is 10.6. The lowest BCUT2D eigenvalue weighted by atomic mass is 9.93. The van der Waals surface area contributed by atoms with Crippen molar-refractivity contribution in [2.24, 2.45) is 0 Å². The van der Waals surface area contributed by atoms with Crippen molar-refractivity contribution in [2.75, 3.05) is 32.6 Å². The summed E-state index contributed by atoms with van der Waals surface area (Å²) in [6.07, 6.45) is 1.48. The first-order chi connectivity index (χ1) is 16.4. The third-order valence-corrected chi connectivity index (χ3v) is 6.29. The van der Waals surface area contributed by atoms with E-state index in [1.807, 2.05) is 31.2 Å². The molecule has 2 N–H and O–H groups in total. The van der Waals surface area contributed by atoms with Crippen LogP contribution in [-0.4, -0.2) is 67.0 Å². The molecule has 9 heteroatoms. The Balaban J connectivity index is 1.54. The Hall–Kier alpha value is -3.59. The third-order valence-electron chi connectivity index (χ3n) is 6.29. The molecular formula is C25H30N4O5. The lowest BCUT2D eigenvalue weighted by molar-refractivity contribution is -0.138. The van der Waals surface area contributed by atoms with E-state index in [4.69, 9.17) is 9.47 Å². The van der Waals surface area contributed by atoms with E-state index < -0.39 is 12.1 Å². The largest absolute Gasteiger partial charge is 0.497 e. The Labute approximate surface area is 199 Å². The van der Waals surface area contributed by atoms with Gasteiger partial charge in [-0.1, -0.05) is 29.8 Å². The van der Waals surface area contributed by atoms with Gasteiger partial charge in [0.05, 0.1) is 32.5 Å². The highest BCUT2D eigenvalue weighted by atomic mass is 16.5. The standard InChI is InChI=1S/C25H30N4O5/c1-16-6-8-17(9-7-16)14-29-24(31)23-20(5-4-12-26-23)28(25(29)32)15-22(30)27-19-11-10-18(33-2)13-21(19)34-3/h6-11,13,20,23,26H,4-5,12,14-15H2,1-3H3,(H,27,30). The molecule has 9 nitrogen and oxygen atoms in total. The van der Waals surface area contributed by atoms with E-state index in [0.717, 1.165) is 17.5 Å². The summed E-state index contributed by atoms with van der Waals surface area (Å²) in [7, 11) is 3.05. The number of aryl methyl sites for hydroxylation is 1. The van der Waals surface area contributed by atoms with Crippen molar-refractivity contribution in [3.05, 3.63) is 53.6 Å². The number of carbonyl (C=O) groups is 3. The molecule has 2 saturated heterocycles. The summed E-state index contributed by atoms with van der Waals surface area (Å²) in [5, 5.41) is 6.07. The zero-order valence-electron chi connectivity index (χ0n) is 19.7. The van der Waals surface area contributed by atoms with Crippen LogP contribution in [0.15, 0.2) is 42.5 Å². The molecular weight excluding hydrogens is 436 g/mol. The van der Waals surface area contributed by atoms with Gasteiger partial charge in [-0.15, -0.1) is 0 Å². The molecule has 180 valence electrons. The quantitative estimate of drug-likeness (QED) is 0.651. The van der Waals surface area contributed by atoms with Crippen molar-refractivity contribution in [1.82, 2.24) is 15.1 Å². The van der Waals surface area contributed by atoms with Gasteiger partial charge in [0.15, 0.2) is 0 Å². The maximum atomic E-state index is 13.4. The number of hydrogen-bond donors (Lipinski definition) is 2. The summed E-state index contributed by atoms with van der Waals surface area (Å²) in [6, 6.07) is 11.4. The van der Waals surface area contributed by atoms with E-state index in [1.54, 1.807) is 25.3 Å². The Kier molecular flexibility index (Phi) is 7.02. The number of ether oxygens (including phenoxy) is 2. The molecule has 2 aliphatic heterocycles. The van der Waals surface area contributed by atoms with Gasteiger partial charge in [-0.25, -0.2) is 4.79 Å². The van der Waals surface area contributed by atoms with Gasteiger partial charge in [-0.3, -0.25) is 14.5 Å². The molecule has 0 spiro atoms. The van der Waals surface area contributed by atoms with E-state index >= 15 is 0 Å². The van der Waals surface area contributed by atoms with Crippen LogP contribution < -0.4 is 20.1 Å². The summed E-state index contributed by atoms with van der Waals surface area (Å²) in [4.78, 5) is 42.4. The predicted molar refractivity (Wildman–Crippen MR) is 127 cm³/mol. The average molecular weight is 467 g/mol. The van der Waals surface area contributed by atoms with Crippen LogP contribution >= 0.6 is 0 Å². The Bertz CT molecular complexity index is 1070. The number of anilines is 1. The summed E-state index contributed by atoms with van der Waals surface area (Å²) in [5.74, 6) is 0.433. The highest BCUT2D eigenvalue weighted by Gasteiger charge is 2.47. The second kappa shape index (κ2) is 10.1. The van der Waals surface area contributed by atoms with Crippen LogP contribution in [0.4, 0.5) is 10.5 Å². The number of nitrogens with zero attached hydrogens (tertiary/aromatic N) is 2. The number of rotatable bonds is 7. The second-order valence-corrected chi connectivity index (χ2v) is 8.58. The number of methoxy groups -OCH3 is 2. The monoisotopic (exact) mass is 466 g/mol. The normalized spacial score (nSPS) is 20.1. The van der Waals surface area contributed by atoms with Crippen molar-refractivity contribution in [3.8, 4) is 11.5 Å². The van der Waals surface area contributed by atoms with Gasteiger partial charge >= 0.3 is 6.03 Å². The van der Waals surface area contributed by atoms with Crippen LogP contribution in [0.25, 0.3) is 0 Å². The number of benzene rings is 2. The zero-order valence-corrected chi connectivity index (χ0v) is 19.7. The van der Waals surface area contributed by atoms with Crippen molar-refractivity contribution in [1.29, 1.82) is 0 Å². The highest BCUT2D eigenvalue weighted by Crippen LogP contribution is 2.30. The molecule has 0 saturated carbocycles. The van der Waals surface area contributed by atoms with Gasteiger partial charge in [0.2, 0.25) is 11.8 Å². The van der Waals surface area contributed by atoms with Gasteiger partial charge in [-0.05, 0) is 44.0 Å². The van der Waals surface area contributed by atoms with Crippen molar-refractivity contribution in [3.63, 3.8) is 0 Å². The molecule has 2 unspecified atom stereocenters. The predicted octanol–water partition coefficient (Wildman–Crippen LogP) is 2.54. The number of fused-ring (bicyclic) bond motifs is 1. The van der Waals surface area contributed by atoms with Gasteiger partial charge in [0, 0.05) is 6.07 Å². The van der Waals surface area contributed by atoms with E-state index in [-0.39, 0.29) is 30.9 Å². The molecule has 2 heterocycles. The fraction of sp³-hybridized carbons (Fsp3) is 0.400. The lowest BCUT2D eigenvalue weighted by Crippen LogP contribution is -2.70. The van der Waals surface area contributed by atoms with E-state index in [1.165, 1.54) is 16.9 Å². The number of nitrogens with one attached hydrogen (secondary N) is 2. The summed E-state index contributed by atoms with van der Waals surface area (Å²) in [5.41, 5.74) is 2.43. The lowest BCUT2D eigenvalue weighted by Gasteiger charge is -2.46. The number of carbonyl (C=O) groups excluding carboxylic acids is 3. The second-order valence-electron chi connectivity index (χ2n) is 8.58. The molecule has 0 aromatic heterocycles. The van der Waals surface area contributed by atoms with Crippen LogP contribution in [0.5, 0.6) is 11.5 Å². The van der Waals surface area contributed by atoms with E-state index in [9.17, 15) is 14.4 Å². The Morgan fingerprint density at radius 1 is 1.12 bits per heavy atom. The molecule has 4 rings (SSSR count). The molecule has 4 amide bonds. The van der Waals surface area contributed by atoms with E-state index in [0.29, 0.717) is 30.2 Å². The van der Waals surface area contributed by atoms with Crippen molar-refractivity contribution < 1.29 is 23.9 Å². The van der Waals surface area contributed by atoms with Gasteiger partial charge in [0.1, 0.15) is 24.1 Å². The fourth-order valence-electron chi connectivity index (χ4n) is 4.47. The summed E-state index contributed by atoms with van der Waals surface area (Å²) >= 11 is 0. The maximum absolute atomic E-state index is 13.4. The van der Waals surface area contributed by atoms with Crippen LogP contribution in [0, 0.1) is 6.92 Å². The van der Waals surface area contributed by atoms with Gasteiger partial charge in [0.25, 0.3) is 0 Å². The third kappa shape index (κ3) is 4.84. The minimum atomic E-state index is -0.528. The number of hydrogen-bond acceptors (Lipinski definition) is 6. The molecule has 2 fully saturated rings. The molecule has 34 heavy (non-hydrogen) atoms. The van der Waals surface area contributed by atoms with Crippen LogP contribution in [0.2, 0.25) is 0 Å². The van der Waals surface area contributed by atoms with Gasteiger partial charge in [-0.2, -0.15) is 0 Å². The fourth-order valence-corrected chi connectivity index (χ4v) is 4.47. The zero-order chi connectivity index (χ0) is 24.2. The number of urea groups is 1. The molecule has 2 aromatic rings. The van der Waals surface area contributed by atoms with Gasteiger partial charge < -0.3 is 25.0 Å². The molecule has 2 aromatic carbocycles. The molecule has 0 bridgehead atoms. The molecule has 0 aliphatic carbocycles. The number of imide groups is 1. The highest BCUT2D eigenvalue weighted by molar-refractivity contribution is 6.03. The Morgan fingerprint density at radius 2 is 1.88 bits per heavy atom. The SMILES string of the molecule is COc1ccc(NC(=O)CN2C(=O)N(Cc3ccc(C)cc3)C(=O)C3NCCCC32)c(OC)c1. The minimum Gasteiger partial charge on any atom is -0.497 e. The summed E-state index contributed by atoms with van der Waals surface area (Å²) in [6.45, 7) is 2.67. The first-order valence-corrected chi connectivity index (χ1v) is 11.3. The number of amides is 4. The first-order valence-electron chi connectivity index (χ1n) is 11.3. The van der Waals surface area contributed by atoms with Crippen molar-refractivity contribution in [2.45, 2.75) is 38.4 Å². The smallest absolute Gasteiger partial charge is 0.327 e. The first kappa shape index (κ1) is 23.6. The van der Waals surface area contributed by atoms with Crippen LogP contribution in [0.1, 0.15) is 24.0 Å². The Morgan fingerprint density at radius 3 is 2.59 bits per heavy atom. The average Bonchev–Trinajstić information content (AvgIpc) is 2.85. The van der Waals surface area contributed by atoms with E-state index in [2.05, 4.69) is 10.6 Å². The van der Waals surface area contributed by atoms with Crippen LogP contribution in [0.3, 0.4) is 0 Å². The molecule has 2 atom stereocenters. The van der Waals surface area contributed by atoms with Crippen LogP contribution in [-0.2, 0) is 16.1 Å². The topological polar surface area (TPSA) is 100 Å². The van der Waals surface area contributed by atoms with Crippen molar-refractivity contribution >= 4 is 23.5 Å². The number of piperidine rings is 1. The molecule has 2 aliphatic rings. The minimum absolute atomic E-state index is 0.160.